The number of carbonyl (C=O) groups excluding carboxylic acids is 3. The Balaban J connectivity index is 1.60. The molecule has 1 saturated heterocycles. The van der Waals surface area contributed by atoms with Gasteiger partial charge in [-0.25, -0.2) is 0 Å². The predicted octanol–water partition coefficient (Wildman–Crippen LogP) is 2.23. The van der Waals surface area contributed by atoms with E-state index in [9.17, 15) is 14.4 Å². The quantitative estimate of drug-likeness (QED) is 0.633. The smallest absolute Gasteiger partial charge is 0.251 e. The zero-order chi connectivity index (χ0) is 22.2. The molecule has 3 rings (SSSR count). The van der Waals surface area contributed by atoms with E-state index >= 15 is 0 Å². The number of hydrogen-bond donors (Lipinski definition) is 3. The topological polar surface area (TPSA) is 99.8 Å². The SMILES string of the molecule is CC(=O)Nc1cc(NC(C)=O)cc(C(=O)NC[C@@H]2CN(Cc3ccccc3)CCO2)c1. The molecule has 1 fully saturated rings. The van der Waals surface area contributed by atoms with Crippen LogP contribution in [0.3, 0.4) is 0 Å². The molecule has 1 heterocycles. The molecule has 8 heteroatoms. The van der Waals surface area contributed by atoms with Gasteiger partial charge in [0, 0.05) is 57.0 Å². The molecule has 2 aromatic carbocycles. The number of amides is 3. The monoisotopic (exact) mass is 424 g/mol. The highest BCUT2D eigenvalue weighted by atomic mass is 16.5. The zero-order valence-electron chi connectivity index (χ0n) is 17.8. The summed E-state index contributed by atoms with van der Waals surface area (Å²) in [4.78, 5) is 37.8. The third-order valence-corrected chi connectivity index (χ3v) is 4.80. The number of ether oxygens (including phenoxy) is 1. The second-order valence-electron chi connectivity index (χ2n) is 7.58. The molecule has 0 aromatic heterocycles. The minimum absolute atomic E-state index is 0.116. The Morgan fingerprint density at radius 3 is 2.26 bits per heavy atom. The summed E-state index contributed by atoms with van der Waals surface area (Å²) in [6, 6.07) is 15.0. The molecule has 0 radical (unpaired) electrons. The summed E-state index contributed by atoms with van der Waals surface area (Å²) in [6.07, 6.45) is -0.116. The minimum Gasteiger partial charge on any atom is -0.374 e. The first-order valence-corrected chi connectivity index (χ1v) is 10.3. The van der Waals surface area contributed by atoms with Crippen LogP contribution in [0.2, 0.25) is 0 Å². The molecule has 0 saturated carbocycles. The summed E-state index contributed by atoms with van der Waals surface area (Å²) >= 11 is 0. The van der Waals surface area contributed by atoms with Crippen molar-refractivity contribution in [3.63, 3.8) is 0 Å². The Morgan fingerprint density at radius 1 is 1.00 bits per heavy atom. The van der Waals surface area contributed by atoms with Crippen molar-refractivity contribution in [1.82, 2.24) is 10.2 Å². The molecule has 8 nitrogen and oxygen atoms in total. The van der Waals surface area contributed by atoms with Gasteiger partial charge < -0.3 is 20.7 Å². The molecule has 164 valence electrons. The number of anilines is 2. The maximum absolute atomic E-state index is 12.7. The highest BCUT2D eigenvalue weighted by Crippen LogP contribution is 2.20. The second-order valence-corrected chi connectivity index (χ2v) is 7.58. The summed E-state index contributed by atoms with van der Waals surface area (Å²) in [5.74, 6) is -0.830. The van der Waals surface area contributed by atoms with Crippen molar-refractivity contribution in [3.05, 3.63) is 59.7 Å². The number of nitrogens with zero attached hydrogens (tertiary/aromatic N) is 1. The van der Waals surface area contributed by atoms with E-state index in [4.69, 9.17) is 4.74 Å². The number of benzene rings is 2. The molecule has 2 aromatic rings. The van der Waals surface area contributed by atoms with E-state index in [-0.39, 0.29) is 23.8 Å². The lowest BCUT2D eigenvalue weighted by Gasteiger charge is -2.33. The fraction of sp³-hybridized carbons (Fsp3) is 0.348. The van der Waals surface area contributed by atoms with E-state index in [0.717, 1.165) is 19.6 Å². The Bertz CT molecular complexity index is 898. The van der Waals surface area contributed by atoms with Gasteiger partial charge in [0.1, 0.15) is 0 Å². The van der Waals surface area contributed by atoms with Crippen molar-refractivity contribution >= 4 is 29.1 Å². The third-order valence-electron chi connectivity index (χ3n) is 4.80. The Labute approximate surface area is 182 Å². The Kier molecular flexibility index (Phi) is 7.75. The number of rotatable bonds is 7. The largest absolute Gasteiger partial charge is 0.374 e. The second kappa shape index (κ2) is 10.7. The van der Waals surface area contributed by atoms with Gasteiger partial charge in [0.15, 0.2) is 0 Å². The fourth-order valence-electron chi connectivity index (χ4n) is 3.51. The van der Waals surface area contributed by atoms with E-state index in [1.165, 1.54) is 19.4 Å². The van der Waals surface area contributed by atoms with Crippen molar-refractivity contribution in [2.75, 3.05) is 36.9 Å². The van der Waals surface area contributed by atoms with Crippen LogP contribution in [0.25, 0.3) is 0 Å². The summed E-state index contributed by atoms with van der Waals surface area (Å²) in [7, 11) is 0. The van der Waals surface area contributed by atoms with Crippen LogP contribution < -0.4 is 16.0 Å². The average Bonchev–Trinajstić information content (AvgIpc) is 2.72. The minimum atomic E-state index is -0.303. The molecule has 0 bridgehead atoms. The van der Waals surface area contributed by atoms with Gasteiger partial charge in [-0.2, -0.15) is 0 Å². The average molecular weight is 425 g/mol. The van der Waals surface area contributed by atoms with Crippen LogP contribution in [0.15, 0.2) is 48.5 Å². The molecule has 1 aliphatic heterocycles. The third kappa shape index (κ3) is 7.20. The summed E-state index contributed by atoms with van der Waals surface area (Å²) < 4.78 is 5.81. The van der Waals surface area contributed by atoms with Crippen molar-refractivity contribution in [2.24, 2.45) is 0 Å². The number of carbonyl (C=O) groups is 3. The van der Waals surface area contributed by atoms with E-state index in [1.54, 1.807) is 18.2 Å². The van der Waals surface area contributed by atoms with Crippen LogP contribution in [-0.2, 0) is 20.9 Å². The molecule has 0 unspecified atom stereocenters. The highest BCUT2D eigenvalue weighted by molar-refractivity contribution is 5.99. The van der Waals surface area contributed by atoms with Gasteiger partial charge in [0.05, 0.1) is 12.7 Å². The van der Waals surface area contributed by atoms with Crippen LogP contribution in [-0.4, -0.2) is 55.0 Å². The van der Waals surface area contributed by atoms with Crippen LogP contribution >= 0.6 is 0 Å². The molecule has 3 amide bonds. The van der Waals surface area contributed by atoms with Gasteiger partial charge in [0.25, 0.3) is 5.91 Å². The Hall–Kier alpha value is -3.23. The molecular weight excluding hydrogens is 396 g/mol. The van der Waals surface area contributed by atoms with Crippen LogP contribution in [0.1, 0.15) is 29.8 Å². The van der Waals surface area contributed by atoms with Gasteiger partial charge in [-0.05, 0) is 23.8 Å². The van der Waals surface area contributed by atoms with Crippen LogP contribution in [0, 0.1) is 0 Å². The van der Waals surface area contributed by atoms with E-state index < -0.39 is 0 Å². The summed E-state index contributed by atoms with van der Waals surface area (Å²) in [6.45, 7) is 6.14. The number of morpholine rings is 1. The lowest BCUT2D eigenvalue weighted by atomic mass is 10.1. The summed E-state index contributed by atoms with van der Waals surface area (Å²) in [5, 5.41) is 8.19. The standard InChI is InChI=1S/C23H28N4O4/c1-16(28)25-20-10-19(11-21(12-20)26-17(2)29)23(30)24-13-22-15-27(8-9-31-22)14-18-6-4-3-5-7-18/h3-7,10-12,22H,8-9,13-15H2,1-2H3,(H,24,30)(H,25,28)(H,26,29)/t22-/m1/s1. The van der Waals surface area contributed by atoms with Gasteiger partial charge in [-0.1, -0.05) is 30.3 Å². The van der Waals surface area contributed by atoms with Crippen LogP contribution in [0.5, 0.6) is 0 Å². The van der Waals surface area contributed by atoms with Crippen molar-refractivity contribution < 1.29 is 19.1 Å². The van der Waals surface area contributed by atoms with Crippen molar-refractivity contribution in [3.8, 4) is 0 Å². The van der Waals surface area contributed by atoms with Crippen LogP contribution in [0.4, 0.5) is 11.4 Å². The fourth-order valence-corrected chi connectivity index (χ4v) is 3.51. The van der Waals surface area contributed by atoms with Crippen molar-refractivity contribution in [2.45, 2.75) is 26.5 Å². The molecule has 1 atom stereocenters. The molecule has 0 spiro atoms. The van der Waals surface area contributed by atoms with Gasteiger partial charge in [-0.15, -0.1) is 0 Å². The maximum atomic E-state index is 12.7. The van der Waals surface area contributed by atoms with Gasteiger partial charge in [0.2, 0.25) is 11.8 Å². The maximum Gasteiger partial charge on any atom is 0.251 e. The molecule has 0 aliphatic carbocycles. The summed E-state index contributed by atoms with van der Waals surface area (Å²) in [5.41, 5.74) is 2.46. The number of hydrogen-bond acceptors (Lipinski definition) is 5. The van der Waals surface area contributed by atoms with Gasteiger partial charge in [-0.3, -0.25) is 19.3 Å². The highest BCUT2D eigenvalue weighted by Gasteiger charge is 2.21. The van der Waals surface area contributed by atoms with Gasteiger partial charge >= 0.3 is 0 Å². The predicted molar refractivity (Wildman–Crippen MR) is 119 cm³/mol. The first-order valence-electron chi connectivity index (χ1n) is 10.3. The number of nitrogens with one attached hydrogen (secondary N) is 3. The first-order chi connectivity index (χ1) is 14.9. The zero-order valence-corrected chi connectivity index (χ0v) is 17.8. The molecule has 3 N–H and O–H groups in total. The normalized spacial score (nSPS) is 16.4. The molecule has 31 heavy (non-hydrogen) atoms. The van der Waals surface area contributed by atoms with E-state index in [1.807, 2.05) is 18.2 Å². The lowest BCUT2D eigenvalue weighted by Crippen LogP contribution is -2.47. The van der Waals surface area contributed by atoms with Crippen molar-refractivity contribution in [1.29, 1.82) is 0 Å². The van der Waals surface area contributed by atoms with E-state index in [2.05, 4.69) is 33.0 Å². The molecule has 1 aliphatic rings. The Morgan fingerprint density at radius 2 is 1.65 bits per heavy atom. The van der Waals surface area contributed by atoms with E-state index in [0.29, 0.717) is 30.1 Å². The first kappa shape index (κ1) is 22.5. The lowest BCUT2D eigenvalue weighted by molar-refractivity contribution is -0.115. The molecular formula is C23H28N4O4.